The van der Waals surface area contributed by atoms with Crippen molar-refractivity contribution in [1.82, 2.24) is 10.3 Å². The van der Waals surface area contributed by atoms with Gasteiger partial charge in [-0.1, -0.05) is 24.3 Å². The van der Waals surface area contributed by atoms with Gasteiger partial charge in [-0.3, -0.25) is 4.79 Å². The Kier molecular flexibility index (Phi) is 5.08. The lowest BCUT2D eigenvalue weighted by atomic mass is 10.1. The summed E-state index contributed by atoms with van der Waals surface area (Å²) in [5, 5.41) is 4.17. The van der Waals surface area contributed by atoms with Crippen molar-refractivity contribution in [1.29, 1.82) is 0 Å². The fraction of sp³-hybridized carbons (Fsp3) is 0.286. The number of carbonyl (C=O) groups is 1. The first-order valence-corrected chi connectivity index (χ1v) is 8.59. The highest BCUT2D eigenvalue weighted by Crippen LogP contribution is 2.19. The van der Waals surface area contributed by atoms with Crippen molar-refractivity contribution in [3.05, 3.63) is 65.4 Å². The van der Waals surface area contributed by atoms with Crippen LogP contribution in [0.1, 0.15) is 35.0 Å². The number of carbonyl (C=O) groups excluding carboxylic acids is 1. The second-order valence-corrected chi connectivity index (χ2v) is 6.48. The van der Waals surface area contributed by atoms with E-state index >= 15 is 0 Å². The zero-order chi connectivity index (χ0) is 17.8. The van der Waals surface area contributed by atoms with Crippen LogP contribution in [0.25, 0.3) is 10.9 Å². The summed E-state index contributed by atoms with van der Waals surface area (Å²) in [4.78, 5) is 15.7. The molecule has 2 aromatic carbocycles. The van der Waals surface area contributed by atoms with Crippen molar-refractivity contribution in [3.63, 3.8) is 0 Å². The smallest absolute Gasteiger partial charge is 0.267 e. The predicted octanol–water partition coefficient (Wildman–Crippen LogP) is 4.24. The van der Waals surface area contributed by atoms with Crippen LogP contribution in [0.2, 0.25) is 0 Å². The van der Waals surface area contributed by atoms with Crippen LogP contribution < -0.4 is 10.1 Å². The molecule has 0 aliphatic carbocycles. The first-order valence-electron chi connectivity index (χ1n) is 8.59. The van der Waals surface area contributed by atoms with E-state index in [9.17, 15) is 4.79 Å². The third kappa shape index (κ3) is 4.02. The van der Waals surface area contributed by atoms with Crippen molar-refractivity contribution >= 4 is 16.8 Å². The Hall–Kier alpha value is -2.75. The van der Waals surface area contributed by atoms with E-state index in [2.05, 4.69) is 35.4 Å². The Morgan fingerprint density at radius 2 is 1.96 bits per heavy atom. The summed E-state index contributed by atoms with van der Waals surface area (Å²) < 4.78 is 5.17. The van der Waals surface area contributed by atoms with Crippen molar-refractivity contribution in [2.24, 2.45) is 0 Å². The SMILES string of the molecule is COc1ccc(CCC(C)NC(=O)c2cc3c(C)cccc3[nH]2)cc1. The summed E-state index contributed by atoms with van der Waals surface area (Å²) in [7, 11) is 1.66. The summed E-state index contributed by atoms with van der Waals surface area (Å²) in [5.74, 6) is 0.803. The number of rotatable bonds is 6. The van der Waals surface area contributed by atoms with Crippen LogP contribution in [0.5, 0.6) is 5.75 Å². The van der Waals surface area contributed by atoms with Crippen LogP contribution in [0.3, 0.4) is 0 Å². The lowest BCUT2D eigenvalue weighted by Crippen LogP contribution is -2.33. The van der Waals surface area contributed by atoms with Crippen molar-refractivity contribution in [2.45, 2.75) is 32.7 Å². The van der Waals surface area contributed by atoms with Gasteiger partial charge >= 0.3 is 0 Å². The van der Waals surface area contributed by atoms with E-state index in [-0.39, 0.29) is 11.9 Å². The molecule has 1 amide bonds. The molecule has 4 nitrogen and oxygen atoms in total. The molecule has 0 fully saturated rings. The first-order chi connectivity index (χ1) is 12.1. The van der Waals surface area contributed by atoms with Crippen molar-refractivity contribution in [2.75, 3.05) is 7.11 Å². The molecule has 0 aliphatic rings. The van der Waals surface area contributed by atoms with E-state index in [0.29, 0.717) is 5.69 Å². The van der Waals surface area contributed by atoms with Crippen LogP contribution >= 0.6 is 0 Å². The molecule has 25 heavy (non-hydrogen) atoms. The van der Waals surface area contributed by atoms with Crippen LogP contribution in [0.4, 0.5) is 0 Å². The lowest BCUT2D eigenvalue weighted by molar-refractivity contribution is 0.0934. The zero-order valence-corrected chi connectivity index (χ0v) is 14.9. The predicted molar refractivity (Wildman–Crippen MR) is 101 cm³/mol. The standard InChI is InChI=1S/C21H24N2O2/c1-14-5-4-6-19-18(14)13-20(23-19)21(24)22-15(2)7-8-16-9-11-17(25-3)12-10-16/h4-6,9-13,15,23H,7-8H2,1-3H3,(H,22,24). The largest absolute Gasteiger partial charge is 0.497 e. The molecule has 1 aromatic heterocycles. The quantitative estimate of drug-likeness (QED) is 0.707. The number of aromatic amines is 1. The van der Waals surface area contributed by atoms with E-state index in [4.69, 9.17) is 4.74 Å². The Balaban J connectivity index is 1.58. The summed E-state index contributed by atoms with van der Waals surface area (Å²) in [6, 6.07) is 16.1. The van der Waals surface area contributed by atoms with Crippen molar-refractivity contribution in [3.8, 4) is 5.75 Å². The van der Waals surface area contributed by atoms with Crippen LogP contribution in [-0.4, -0.2) is 24.0 Å². The number of nitrogens with one attached hydrogen (secondary N) is 2. The van der Waals surface area contributed by atoms with Gasteiger partial charge in [0, 0.05) is 16.9 Å². The molecule has 0 spiro atoms. The number of hydrogen-bond acceptors (Lipinski definition) is 2. The maximum atomic E-state index is 12.5. The molecule has 1 heterocycles. The van der Waals surface area contributed by atoms with Gasteiger partial charge in [-0.25, -0.2) is 0 Å². The number of aromatic nitrogens is 1. The van der Waals surface area contributed by atoms with Gasteiger partial charge in [-0.2, -0.15) is 0 Å². The molecular formula is C21H24N2O2. The number of methoxy groups -OCH3 is 1. The van der Waals surface area contributed by atoms with Crippen LogP contribution in [0.15, 0.2) is 48.5 Å². The third-order valence-corrected chi connectivity index (χ3v) is 4.53. The fourth-order valence-electron chi connectivity index (χ4n) is 2.98. The second-order valence-electron chi connectivity index (χ2n) is 6.48. The highest BCUT2D eigenvalue weighted by atomic mass is 16.5. The maximum Gasteiger partial charge on any atom is 0.267 e. The van der Waals surface area contributed by atoms with E-state index in [1.807, 2.05) is 37.3 Å². The highest BCUT2D eigenvalue weighted by molar-refractivity contribution is 5.98. The number of benzene rings is 2. The molecule has 130 valence electrons. The average molecular weight is 336 g/mol. The molecule has 1 atom stereocenters. The van der Waals surface area contributed by atoms with Crippen LogP contribution in [0, 0.1) is 6.92 Å². The second kappa shape index (κ2) is 7.43. The maximum absolute atomic E-state index is 12.5. The van der Waals surface area contributed by atoms with Crippen LogP contribution in [-0.2, 0) is 6.42 Å². The van der Waals surface area contributed by atoms with Crippen molar-refractivity contribution < 1.29 is 9.53 Å². The number of aryl methyl sites for hydroxylation is 2. The van der Waals surface area contributed by atoms with Gasteiger partial charge in [-0.05, 0) is 62.1 Å². The molecule has 1 unspecified atom stereocenters. The highest BCUT2D eigenvalue weighted by Gasteiger charge is 2.13. The first kappa shape index (κ1) is 17.1. The summed E-state index contributed by atoms with van der Waals surface area (Å²) in [6.45, 7) is 4.09. The molecule has 0 saturated carbocycles. The minimum absolute atomic E-state index is 0.0576. The molecular weight excluding hydrogens is 312 g/mol. The lowest BCUT2D eigenvalue weighted by Gasteiger charge is -2.13. The molecule has 3 aromatic rings. The van der Waals surface area contributed by atoms with E-state index in [1.54, 1.807) is 7.11 Å². The number of amides is 1. The number of fused-ring (bicyclic) bond motifs is 1. The van der Waals surface area contributed by atoms with E-state index < -0.39 is 0 Å². The Morgan fingerprint density at radius 1 is 1.20 bits per heavy atom. The molecule has 0 aliphatic heterocycles. The summed E-state index contributed by atoms with van der Waals surface area (Å²) in [5.41, 5.74) is 4.01. The summed E-state index contributed by atoms with van der Waals surface area (Å²) >= 11 is 0. The minimum atomic E-state index is -0.0576. The zero-order valence-electron chi connectivity index (χ0n) is 14.9. The molecule has 3 rings (SSSR count). The van der Waals surface area contributed by atoms with Gasteiger partial charge in [-0.15, -0.1) is 0 Å². The topological polar surface area (TPSA) is 54.1 Å². The average Bonchev–Trinajstić information content (AvgIpc) is 3.06. The number of H-pyrrole nitrogens is 1. The molecule has 4 heteroatoms. The molecule has 0 radical (unpaired) electrons. The van der Waals surface area contributed by atoms with Gasteiger partial charge in [0.2, 0.25) is 0 Å². The van der Waals surface area contributed by atoms with Gasteiger partial charge in [0.15, 0.2) is 0 Å². The number of hydrogen-bond donors (Lipinski definition) is 2. The van der Waals surface area contributed by atoms with Gasteiger partial charge in [0.25, 0.3) is 5.91 Å². The number of ether oxygens (including phenoxy) is 1. The Bertz CT molecular complexity index is 865. The molecule has 0 bridgehead atoms. The fourth-order valence-corrected chi connectivity index (χ4v) is 2.98. The Morgan fingerprint density at radius 3 is 2.64 bits per heavy atom. The monoisotopic (exact) mass is 336 g/mol. The Labute approximate surface area is 148 Å². The minimum Gasteiger partial charge on any atom is -0.497 e. The third-order valence-electron chi connectivity index (χ3n) is 4.53. The normalized spacial score (nSPS) is 12.1. The van der Waals surface area contributed by atoms with E-state index in [1.165, 1.54) is 11.1 Å². The van der Waals surface area contributed by atoms with Gasteiger partial charge in [0.1, 0.15) is 11.4 Å². The summed E-state index contributed by atoms with van der Waals surface area (Å²) in [6.07, 6.45) is 1.80. The van der Waals surface area contributed by atoms with Gasteiger partial charge < -0.3 is 15.0 Å². The molecule has 2 N–H and O–H groups in total. The van der Waals surface area contributed by atoms with Gasteiger partial charge in [0.05, 0.1) is 7.11 Å². The molecule has 0 saturated heterocycles. The van der Waals surface area contributed by atoms with E-state index in [0.717, 1.165) is 29.5 Å².